The molecular weight excluding hydrogens is 310 g/mol. The molecule has 0 spiro atoms. The van der Waals surface area contributed by atoms with E-state index >= 15 is 0 Å². The minimum atomic E-state index is -1.41. The van der Waals surface area contributed by atoms with Gasteiger partial charge in [-0.3, -0.25) is 9.00 Å². The van der Waals surface area contributed by atoms with Crippen molar-refractivity contribution in [2.75, 3.05) is 5.75 Å². The van der Waals surface area contributed by atoms with Gasteiger partial charge in [0.25, 0.3) is 0 Å². The van der Waals surface area contributed by atoms with Crippen LogP contribution in [0.3, 0.4) is 0 Å². The molecule has 3 rings (SSSR count). The summed E-state index contributed by atoms with van der Waals surface area (Å²) in [5.74, 6) is -0.160. The normalized spacial score (nSPS) is 17.0. The van der Waals surface area contributed by atoms with Crippen LogP contribution in [0.2, 0.25) is 0 Å². The lowest BCUT2D eigenvalue weighted by molar-refractivity contribution is -0.121. The van der Waals surface area contributed by atoms with Crippen LogP contribution in [0.4, 0.5) is 0 Å². The summed E-state index contributed by atoms with van der Waals surface area (Å²) in [4.78, 5) is 12.9. The molecule has 0 saturated heterocycles. The van der Waals surface area contributed by atoms with E-state index in [1.807, 2.05) is 30.3 Å². The molecule has 23 heavy (non-hydrogen) atoms. The first-order valence-electron chi connectivity index (χ1n) is 7.63. The second-order valence-corrected chi connectivity index (χ2v) is 7.28. The van der Waals surface area contributed by atoms with Gasteiger partial charge >= 0.3 is 0 Å². The van der Waals surface area contributed by atoms with Gasteiger partial charge in [0, 0.05) is 4.90 Å². The predicted molar refractivity (Wildman–Crippen MR) is 89.5 cm³/mol. The van der Waals surface area contributed by atoms with Gasteiger partial charge in [0.15, 0.2) is 0 Å². The molecule has 1 atom stereocenters. The molecule has 1 aliphatic carbocycles. The molecule has 1 fully saturated rings. The van der Waals surface area contributed by atoms with E-state index in [1.165, 1.54) is 12.1 Å². The zero-order chi connectivity index (χ0) is 16.3. The number of amides is 1. The molecular formula is C18H19NO3S. The Labute approximate surface area is 138 Å². The van der Waals surface area contributed by atoms with Gasteiger partial charge in [-0.25, -0.2) is 0 Å². The largest absolute Gasteiger partial charge is 0.508 e. The number of nitrogens with one attached hydrogen (secondary N) is 1. The van der Waals surface area contributed by atoms with E-state index in [2.05, 4.69) is 5.32 Å². The Morgan fingerprint density at radius 1 is 1.09 bits per heavy atom. The fourth-order valence-corrected chi connectivity index (χ4v) is 3.79. The maximum Gasteiger partial charge on any atom is 0.233 e. The molecule has 0 aliphatic heterocycles. The van der Waals surface area contributed by atoms with Gasteiger partial charge in [-0.15, -0.1) is 0 Å². The lowest BCUT2D eigenvalue weighted by Crippen LogP contribution is -2.51. The van der Waals surface area contributed by atoms with Crippen molar-refractivity contribution in [3.05, 3.63) is 60.2 Å². The standard InChI is InChI=1S/C18H19NO3S/c20-15-7-9-16(10-8-15)23(22)13-17(21)19-18(11-4-12-18)14-5-2-1-3-6-14/h1-3,5-10,20H,4,11-13H2,(H,19,21). The lowest BCUT2D eigenvalue weighted by Gasteiger charge is -2.43. The van der Waals surface area contributed by atoms with E-state index < -0.39 is 10.8 Å². The fraction of sp³-hybridized carbons (Fsp3) is 0.278. The van der Waals surface area contributed by atoms with Crippen LogP contribution in [0.25, 0.3) is 0 Å². The smallest absolute Gasteiger partial charge is 0.233 e. The van der Waals surface area contributed by atoms with Crippen molar-refractivity contribution < 1.29 is 14.1 Å². The molecule has 0 radical (unpaired) electrons. The molecule has 0 heterocycles. The van der Waals surface area contributed by atoms with Gasteiger partial charge in [0.2, 0.25) is 5.91 Å². The summed E-state index contributed by atoms with van der Waals surface area (Å²) in [6.07, 6.45) is 2.90. The third kappa shape index (κ3) is 3.45. The lowest BCUT2D eigenvalue weighted by atomic mass is 9.72. The molecule has 5 heteroatoms. The summed E-state index contributed by atoms with van der Waals surface area (Å²) in [6.45, 7) is 0. The van der Waals surface area contributed by atoms with Crippen molar-refractivity contribution in [2.45, 2.75) is 29.7 Å². The Morgan fingerprint density at radius 3 is 2.30 bits per heavy atom. The number of carbonyl (C=O) groups is 1. The molecule has 2 aromatic rings. The Hall–Kier alpha value is -2.14. The van der Waals surface area contributed by atoms with Crippen LogP contribution in [0.5, 0.6) is 5.75 Å². The Morgan fingerprint density at radius 2 is 1.74 bits per heavy atom. The number of hydrogen-bond acceptors (Lipinski definition) is 3. The monoisotopic (exact) mass is 329 g/mol. The number of phenols is 1. The van der Waals surface area contributed by atoms with Crippen LogP contribution < -0.4 is 5.32 Å². The van der Waals surface area contributed by atoms with Crippen LogP contribution in [0, 0.1) is 0 Å². The SMILES string of the molecule is O=C(CS(=O)c1ccc(O)cc1)NC1(c2ccccc2)CCC1. The van der Waals surface area contributed by atoms with Gasteiger partial charge < -0.3 is 10.4 Å². The highest BCUT2D eigenvalue weighted by Gasteiger charge is 2.39. The molecule has 120 valence electrons. The van der Waals surface area contributed by atoms with Crippen molar-refractivity contribution in [1.29, 1.82) is 0 Å². The fourth-order valence-electron chi connectivity index (χ4n) is 2.88. The summed E-state index contributed by atoms with van der Waals surface area (Å²) in [7, 11) is -1.41. The second kappa shape index (κ2) is 6.54. The molecule has 1 unspecified atom stereocenters. The van der Waals surface area contributed by atoms with Crippen LogP contribution in [-0.2, 0) is 21.1 Å². The molecule has 2 aromatic carbocycles. The number of carbonyl (C=O) groups excluding carboxylic acids is 1. The Balaban J connectivity index is 1.67. The minimum absolute atomic E-state index is 0.0701. The highest BCUT2D eigenvalue weighted by atomic mass is 32.2. The van der Waals surface area contributed by atoms with Crippen LogP contribution >= 0.6 is 0 Å². The number of phenolic OH excluding ortho intramolecular Hbond substituents is 1. The first-order valence-corrected chi connectivity index (χ1v) is 8.95. The average molecular weight is 329 g/mol. The summed E-state index contributed by atoms with van der Waals surface area (Å²) >= 11 is 0. The van der Waals surface area contributed by atoms with Crippen LogP contribution in [0.15, 0.2) is 59.5 Å². The number of hydrogen-bond donors (Lipinski definition) is 2. The first kappa shape index (κ1) is 15.7. The Kier molecular flexibility index (Phi) is 4.48. The highest BCUT2D eigenvalue weighted by Crippen LogP contribution is 2.41. The van der Waals surface area contributed by atoms with E-state index in [1.54, 1.807) is 12.1 Å². The van der Waals surface area contributed by atoms with Crippen LogP contribution in [-0.4, -0.2) is 21.0 Å². The third-order valence-electron chi connectivity index (χ3n) is 4.27. The molecule has 2 N–H and O–H groups in total. The van der Waals surface area contributed by atoms with Gasteiger partial charge in [0.05, 0.1) is 16.3 Å². The predicted octanol–water partition coefficient (Wildman–Crippen LogP) is 2.70. The van der Waals surface area contributed by atoms with Gasteiger partial charge in [-0.1, -0.05) is 30.3 Å². The van der Waals surface area contributed by atoms with E-state index in [0.29, 0.717) is 4.90 Å². The quantitative estimate of drug-likeness (QED) is 0.886. The molecule has 4 nitrogen and oxygen atoms in total. The van der Waals surface area contributed by atoms with Crippen LogP contribution in [0.1, 0.15) is 24.8 Å². The number of rotatable bonds is 5. The Bertz CT molecular complexity index is 709. The summed E-state index contributed by atoms with van der Waals surface area (Å²) < 4.78 is 12.3. The van der Waals surface area contributed by atoms with E-state index in [4.69, 9.17) is 0 Å². The molecule has 1 saturated carbocycles. The van der Waals surface area contributed by atoms with E-state index in [0.717, 1.165) is 24.8 Å². The molecule has 1 aliphatic rings. The van der Waals surface area contributed by atoms with Gasteiger partial charge in [-0.2, -0.15) is 0 Å². The van der Waals surface area contributed by atoms with Gasteiger partial charge in [0.1, 0.15) is 11.5 Å². The van der Waals surface area contributed by atoms with Crippen molar-refractivity contribution in [3.63, 3.8) is 0 Å². The highest BCUT2D eigenvalue weighted by molar-refractivity contribution is 7.85. The average Bonchev–Trinajstić information content (AvgIpc) is 2.52. The number of aromatic hydroxyl groups is 1. The molecule has 0 bridgehead atoms. The van der Waals surface area contributed by atoms with Crippen molar-refractivity contribution in [1.82, 2.24) is 5.32 Å². The minimum Gasteiger partial charge on any atom is -0.508 e. The number of benzene rings is 2. The summed E-state index contributed by atoms with van der Waals surface area (Å²) in [6, 6.07) is 16.0. The van der Waals surface area contributed by atoms with Crippen molar-refractivity contribution in [3.8, 4) is 5.75 Å². The summed E-state index contributed by atoms with van der Waals surface area (Å²) in [5.41, 5.74) is 0.798. The van der Waals surface area contributed by atoms with Crippen molar-refractivity contribution >= 4 is 16.7 Å². The van der Waals surface area contributed by atoms with Gasteiger partial charge in [-0.05, 0) is 49.1 Å². The van der Waals surface area contributed by atoms with Crippen molar-refractivity contribution in [2.24, 2.45) is 0 Å². The zero-order valence-electron chi connectivity index (χ0n) is 12.7. The maximum atomic E-state index is 12.3. The third-order valence-corrected chi connectivity index (χ3v) is 5.60. The first-order chi connectivity index (χ1) is 11.1. The van der Waals surface area contributed by atoms with E-state index in [9.17, 15) is 14.1 Å². The second-order valence-electron chi connectivity index (χ2n) is 5.83. The van der Waals surface area contributed by atoms with E-state index in [-0.39, 0.29) is 22.9 Å². The maximum absolute atomic E-state index is 12.3. The molecule has 0 aromatic heterocycles. The summed E-state index contributed by atoms with van der Waals surface area (Å²) in [5, 5.41) is 12.3. The zero-order valence-corrected chi connectivity index (χ0v) is 13.5. The topological polar surface area (TPSA) is 66.4 Å². The molecule has 1 amide bonds.